The van der Waals surface area contributed by atoms with Crippen molar-refractivity contribution in [3.8, 4) is 11.4 Å². The Bertz CT molecular complexity index is 823. The van der Waals surface area contributed by atoms with Crippen molar-refractivity contribution < 1.29 is 9.53 Å². The van der Waals surface area contributed by atoms with Gasteiger partial charge in [0.15, 0.2) is 5.82 Å². The Hall–Kier alpha value is -2.66. The molecule has 3 aromatic rings. The first-order valence-electron chi connectivity index (χ1n) is 7.60. The topological polar surface area (TPSA) is 52.1 Å². The molecule has 0 radical (unpaired) electrons. The molecule has 3 rings (SSSR count). The second-order valence-corrected chi connectivity index (χ2v) is 5.98. The molecule has 24 heavy (non-hydrogen) atoms. The van der Waals surface area contributed by atoms with Crippen molar-refractivity contribution in [2.24, 2.45) is 0 Å². The first-order chi connectivity index (χ1) is 11.8. The molecule has 0 N–H and O–H groups in total. The molecule has 0 saturated heterocycles. The summed E-state index contributed by atoms with van der Waals surface area (Å²) in [5.74, 6) is 0.178. The average Bonchev–Trinajstić information content (AvgIpc) is 2.63. The number of carbonyl (C=O) groups excluding carboxylic acids is 1. The van der Waals surface area contributed by atoms with Gasteiger partial charge in [0, 0.05) is 16.7 Å². The van der Waals surface area contributed by atoms with Crippen LogP contribution in [0.2, 0.25) is 0 Å². The minimum atomic E-state index is -0.407. The second kappa shape index (κ2) is 7.75. The minimum Gasteiger partial charge on any atom is -0.462 e. The van der Waals surface area contributed by atoms with Crippen molar-refractivity contribution in [3.63, 3.8) is 0 Å². The Kier molecular flexibility index (Phi) is 5.23. The highest BCUT2D eigenvalue weighted by Gasteiger charge is 2.17. The zero-order valence-electron chi connectivity index (χ0n) is 13.2. The number of esters is 1. The lowest BCUT2D eigenvalue weighted by molar-refractivity contribution is 0.0521. The molecule has 0 aliphatic carbocycles. The molecule has 0 fully saturated rings. The summed E-state index contributed by atoms with van der Waals surface area (Å²) in [5, 5.41) is 0.591. The molecule has 0 bridgehead atoms. The van der Waals surface area contributed by atoms with E-state index in [1.54, 1.807) is 13.1 Å². The maximum absolute atomic E-state index is 12.2. The first kappa shape index (κ1) is 16.2. The predicted octanol–water partition coefficient (Wildman–Crippen LogP) is 4.47. The van der Waals surface area contributed by atoms with E-state index in [1.165, 1.54) is 11.8 Å². The van der Waals surface area contributed by atoms with E-state index < -0.39 is 5.97 Å². The molecule has 120 valence electrons. The van der Waals surface area contributed by atoms with Crippen LogP contribution in [-0.4, -0.2) is 22.5 Å². The average molecular weight is 336 g/mol. The molecule has 0 saturated carbocycles. The number of hydrogen-bond acceptors (Lipinski definition) is 5. The van der Waals surface area contributed by atoms with E-state index in [9.17, 15) is 4.79 Å². The summed E-state index contributed by atoms with van der Waals surface area (Å²) in [6.07, 6.45) is 1.54. The number of carbonyl (C=O) groups is 1. The normalized spacial score (nSPS) is 10.4. The SMILES string of the molecule is CCOC(=O)c1cnc(-c2ccccc2)nc1Sc1ccccc1. The fraction of sp³-hybridized carbons (Fsp3) is 0.105. The lowest BCUT2D eigenvalue weighted by atomic mass is 10.2. The zero-order chi connectivity index (χ0) is 16.8. The summed E-state index contributed by atoms with van der Waals surface area (Å²) in [4.78, 5) is 22.1. The van der Waals surface area contributed by atoms with Gasteiger partial charge in [0.1, 0.15) is 10.6 Å². The van der Waals surface area contributed by atoms with Gasteiger partial charge in [-0.3, -0.25) is 0 Å². The highest BCUT2D eigenvalue weighted by molar-refractivity contribution is 7.99. The Labute approximate surface area is 144 Å². The third-order valence-electron chi connectivity index (χ3n) is 3.24. The monoisotopic (exact) mass is 336 g/mol. The fourth-order valence-electron chi connectivity index (χ4n) is 2.12. The molecule has 2 aromatic carbocycles. The second-order valence-electron chi connectivity index (χ2n) is 4.91. The van der Waals surface area contributed by atoms with Gasteiger partial charge in [-0.2, -0.15) is 0 Å². The predicted molar refractivity (Wildman–Crippen MR) is 94.0 cm³/mol. The van der Waals surface area contributed by atoms with Gasteiger partial charge in [-0.1, -0.05) is 60.3 Å². The van der Waals surface area contributed by atoms with Crippen LogP contribution in [0.15, 0.2) is 76.8 Å². The quantitative estimate of drug-likeness (QED) is 0.508. The number of hydrogen-bond donors (Lipinski definition) is 0. The number of rotatable bonds is 5. The third kappa shape index (κ3) is 3.81. The first-order valence-corrected chi connectivity index (χ1v) is 8.42. The minimum absolute atomic E-state index is 0.314. The van der Waals surface area contributed by atoms with Crippen LogP contribution in [0.1, 0.15) is 17.3 Å². The molecule has 0 spiro atoms. The maximum Gasteiger partial charge on any atom is 0.342 e. The van der Waals surface area contributed by atoms with Crippen LogP contribution < -0.4 is 0 Å². The molecule has 0 aliphatic rings. The molecule has 5 heteroatoms. The Morgan fingerprint density at radius 1 is 1.04 bits per heavy atom. The molecule has 0 amide bonds. The Balaban J connectivity index is 2.02. The molecule has 1 heterocycles. The highest BCUT2D eigenvalue weighted by Crippen LogP contribution is 2.30. The van der Waals surface area contributed by atoms with E-state index in [1.807, 2.05) is 60.7 Å². The zero-order valence-corrected chi connectivity index (χ0v) is 14.0. The summed E-state index contributed by atoms with van der Waals surface area (Å²) < 4.78 is 5.12. The van der Waals surface area contributed by atoms with Gasteiger partial charge in [-0.15, -0.1) is 0 Å². The van der Waals surface area contributed by atoms with Crippen LogP contribution in [-0.2, 0) is 4.74 Å². The van der Waals surface area contributed by atoms with Crippen LogP contribution >= 0.6 is 11.8 Å². The van der Waals surface area contributed by atoms with Crippen LogP contribution in [0, 0.1) is 0 Å². The van der Waals surface area contributed by atoms with Gasteiger partial charge >= 0.3 is 5.97 Å². The third-order valence-corrected chi connectivity index (χ3v) is 4.25. The van der Waals surface area contributed by atoms with Crippen molar-refractivity contribution >= 4 is 17.7 Å². The fourth-order valence-corrected chi connectivity index (χ4v) is 3.01. The number of benzene rings is 2. The number of nitrogens with zero attached hydrogens (tertiary/aromatic N) is 2. The number of ether oxygens (including phenoxy) is 1. The van der Waals surface area contributed by atoms with Gasteiger partial charge in [-0.25, -0.2) is 14.8 Å². The van der Waals surface area contributed by atoms with Gasteiger partial charge in [0.2, 0.25) is 0 Å². The molecule has 0 aliphatic heterocycles. The summed E-state index contributed by atoms with van der Waals surface area (Å²) in [5.41, 5.74) is 1.29. The largest absolute Gasteiger partial charge is 0.462 e. The summed E-state index contributed by atoms with van der Waals surface area (Å²) >= 11 is 1.43. The van der Waals surface area contributed by atoms with E-state index >= 15 is 0 Å². The molecule has 4 nitrogen and oxygen atoms in total. The molecule has 0 unspecified atom stereocenters. The number of aromatic nitrogens is 2. The summed E-state index contributed by atoms with van der Waals surface area (Å²) in [6.45, 7) is 2.09. The van der Waals surface area contributed by atoms with Gasteiger partial charge < -0.3 is 4.74 Å². The van der Waals surface area contributed by atoms with Crippen molar-refractivity contribution in [2.75, 3.05) is 6.61 Å². The lowest BCUT2D eigenvalue weighted by Gasteiger charge is -2.09. The maximum atomic E-state index is 12.2. The van der Waals surface area contributed by atoms with Crippen LogP contribution in [0.3, 0.4) is 0 Å². The van der Waals surface area contributed by atoms with Crippen LogP contribution in [0.4, 0.5) is 0 Å². The van der Waals surface area contributed by atoms with Crippen molar-refractivity contribution in [3.05, 3.63) is 72.4 Å². The van der Waals surface area contributed by atoms with E-state index in [0.717, 1.165) is 10.5 Å². The molecule has 0 atom stereocenters. The summed E-state index contributed by atoms with van der Waals surface area (Å²) in [6, 6.07) is 19.5. The molecular weight excluding hydrogens is 320 g/mol. The smallest absolute Gasteiger partial charge is 0.342 e. The van der Waals surface area contributed by atoms with Crippen molar-refractivity contribution in [1.29, 1.82) is 0 Å². The lowest BCUT2D eigenvalue weighted by Crippen LogP contribution is -2.09. The molecular formula is C19H16N2O2S. The van der Waals surface area contributed by atoms with Crippen molar-refractivity contribution in [1.82, 2.24) is 9.97 Å². The van der Waals surface area contributed by atoms with Crippen LogP contribution in [0.25, 0.3) is 11.4 Å². The molecule has 1 aromatic heterocycles. The van der Waals surface area contributed by atoms with E-state index in [0.29, 0.717) is 23.0 Å². The van der Waals surface area contributed by atoms with Gasteiger partial charge in [0.05, 0.1) is 6.61 Å². The highest BCUT2D eigenvalue weighted by atomic mass is 32.2. The van der Waals surface area contributed by atoms with E-state index in [4.69, 9.17) is 4.74 Å². The Morgan fingerprint density at radius 2 is 1.71 bits per heavy atom. The standard InChI is InChI=1S/C19H16N2O2S/c1-2-23-19(22)16-13-20-17(14-9-5-3-6-10-14)21-18(16)24-15-11-7-4-8-12-15/h3-13H,2H2,1H3. The Morgan fingerprint density at radius 3 is 2.38 bits per heavy atom. The van der Waals surface area contributed by atoms with Crippen molar-refractivity contribution in [2.45, 2.75) is 16.8 Å². The van der Waals surface area contributed by atoms with E-state index in [2.05, 4.69) is 9.97 Å². The van der Waals surface area contributed by atoms with E-state index in [-0.39, 0.29) is 0 Å². The van der Waals surface area contributed by atoms with Crippen LogP contribution in [0.5, 0.6) is 0 Å². The van der Waals surface area contributed by atoms with Gasteiger partial charge in [0.25, 0.3) is 0 Å². The summed E-state index contributed by atoms with van der Waals surface area (Å²) in [7, 11) is 0. The van der Waals surface area contributed by atoms with Gasteiger partial charge in [-0.05, 0) is 19.1 Å².